The number of hydrogen-bond acceptors (Lipinski definition) is 1. The second kappa shape index (κ2) is 4.34. The van der Waals surface area contributed by atoms with Crippen molar-refractivity contribution in [3.63, 3.8) is 0 Å². The molecule has 0 N–H and O–H groups in total. The van der Waals surface area contributed by atoms with Gasteiger partial charge in [-0.3, -0.25) is 0 Å². The van der Waals surface area contributed by atoms with E-state index in [1.165, 1.54) is 9.79 Å². The highest BCUT2D eigenvalue weighted by Gasteiger charge is 1.98. The van der Waals surface area contributed by atoms with Crippen LogP contribution in [0.15, 0.2) is 64.4 Å². The minimum atomic E-state index is 1.08. The molecule has 0 amide bonds. The van der Waals surface area contributed by atoms with Crippen LogP contribution in [0.3, 0.4) is 0 Å². The van der Waals surface area contributed by atoms with Crippen LogP contribution < -0.4 is 0 Å². The quantitative estimate of drug-likeness (QED) is 0.704. The predicted molar refractivity (Wildman–Crippen MR) is 61.5 cm³/mol. The maximum atomic E-state index is 4.00. The minimum absolute atomic E-state index is 1.08. The molecule has 0 aliphatic heterocycles. The lowest BCUT2D eigenvalue weighted by atomic mass is 10.2. The molecule has 69 valence electrons. The Morgan fingerprint density at radius 3 is 2.14 bits per heavy atom. The molecule has 1 radical (unpaired) electrons. The fourth-order valence-corrected chi connectivity index (χ4v) is 2.11. The van der Waals surface area contributed by atoms with Crippen LogP contribution in [-0.2, 0) is 0 Å². The zero-order valence-electron chi connectivity index (χ0n) is 7.81. The monoisotopic (exact) mass is 199 g/mol. The summed E-state index contributed by atoms with van der Waals surface area (Å²) in [6.07, 6.45) is 0. The fraction of sp³-hybridized carbons (Fsp3) is 0. The van der Waals surface area contributed by atoms with Gasteiger partial charge in [-0.2, -0.15) is 0 Å². The SMILES string of the molecule is [CH2]c1ccccc1Sc1ccccc1. The summed E-state index contributed by atoms with van der Waals surface area (Å²) in [5.41, 5.74) is 1.08. The molecule has 0 unspecified atom stereocenters. The van der Waals surface area contributed by atoms with E-state index in [9.17, 15) is 0 Å². The Morgan fingerprint density at radius 2 is 1.43 bits per heavy atom. The molecule has 0 spiro atoms. The van der Waals surface area contributed by atoms with Crippen molar-refractivity contribution in [3.8, 4) is 0 Å². The van der Waals surface area contributed by atoms with Crippen LogP contribution in [0.4, 0.5) is 0 Å². The zero-order valence-corrected chi connectivity index (χ0v) is 8.63. The maximum absolute atomic E-state index is 4.00. The summed E-state index contributed by atoms with van der Waals surface area (Å²) in [7, 11) is 0. The summed E-state index contributed by atoms with van der Waals surface area (Å²) >= 11 is 1.75. The Hall–Kier alpha value is -1.21. The molecule has 0 saturated carbocycles. The van der Waals surface area contributed by atoms with Crippen LogP contribution in [0.5, 0.6) is 0 Å². The third kappa shape index (κ3) is 2.18. The van der Waals surface area contributed by atoms with Gasteiger partial charge in [-0.1, -0.05) is 48.2 Å². The van der Waals surface area contributed by atoms with Gasteiger partial charge in [-0.05, 0) is 30.7 Å². The van der Waals surface area contributed by atoms with Gasteiger partial charge in [0, 0.05) is 9.79 Å². The second-order valence-corrected chi connectivity index (χ2v) is 4.14. The van der Waals surface area contributed by atoms with Crippen LogP contribution in [0, 0.1) is 6.92 Å². The third-order valence-corrected chi connectivity index (χ3v) is 3.07. The summed E-state index contributed by atoms with van der Waals surface area (Å²) in [5, 5.41) is 0. The molecular weight excluding hydrogens is 188 g/mol. The largest absolute Gasteiger partial charge is 0.0898 e. The lowest BCUT2D eigenvalue weighted by Gasteiger charge is -2.03. The molecule has 2 aromatic carbocycles. The van der Waals surface area contributed by atoms with Gasteiger partial charge in [-0.15, -0.1) is 0 Å². The molecule has 14 heavy (non-hydrogen) atoms. The van der Waals surface area contributed by atoms with Gasteiger partial charge in [-0.25, -0.2) is 0 Å². The molecule has 0 aromatic heterocycles. The highest BCUT2D eigenvalue weighted by Crippen LogP contribution is 2.29. The van der Waals surface area contributed by atoms with Crippen LogP contribution >= 0.6 is 11.8 Å². The van der Waals surface area contributed by atoms with Crippen molar-refractivity contribution in [3.05, 3.63) is 67.1 Å². The molecule has 2 rings (SSSR count). The van der Waals surface area contributed by atoms with Crippen molar-refractivity contribution in [2.45, 2.75) is 9.79 Å². The summed E-state index contributed by atoms with van der Waals surface area (Å²) < 4.78 is 0. The van der Waals surface area contributed by atoms with E-state index in [-0.39, 0.29) is 0 Å². The third-order valence-electron chi connectivity index (χ3n) is 1.94. The first kappa shape index (κ1) is 9.35. The second-order valence-electron chi connectivity index (χ2n) is 3.02. The van der Waals surface area contributed by atoms with Gasteiger partial charge in [0.1, 0.15) is 0 Å². The highest BCUT2D eigenvalue weighted by molar-refractivity contribution is 7.99. The lowest BCUT2D eigenvalue weighted by molar-refractivity contribution is 1.36. The van der Waals surface area contributed by atoms with Crippen molar-refractivity contribution in [1.82, 2.24) is 0 Å². The van der Waals surface area contributed by atoms with E-state index in [0.29, 0.717) is 0 Å². The van der Waals surface area contributed by atoms with E-state index in [1.807, 2.05) is 36.4 Å². The van der Waals surface area contributed by atoms with Gasteiger partial charge >= 0.3 is 0 Å². The van der Waals surface area contributed by atoms with E-state index in [4.69, 9.17) is 0 Å². The molecule has 0 saturated heterocycles. The number of hydrogen-bond donors (Lipinski definition) is 0. The molecule has 1 heteroatoms. The van der Waals surface area contributed by atoms with E-state index in [2.05, 4.69) is 25.1 Å². The number of rotatable bonds is 2. The zero-order chi connectivity index (χ0) is 9.80. The smallest absolute Gasteiger partial charge is 0.0154 e. The first-order valence-electron chi connectivity index (χ1n) is 4.50. The van der Waals surface area contributed by atoms with E-state index >= 15 is 0 Å². The van der Waals surface area contributed by atoms with Crippen molar-refractivity contribution in [1.29, 1.82) is 0 Å². The molecular formula is C13H11S. The van der Waals surface area contributed by atoms with Gasteiger partial charge in [0.25, 0.3) is 0 Å². The molecule has 0 heterocycles. The van der Waals surface area contributed by atoms with Crippen LogP contribution in [0.25, 0.3) is 0 Å². The minimum Gasteiger partial charge on any atom is -0.0898 e. The first-order valence-corrected chi connectivity index (χ1v) is 5.32. The molecule has 0 nitrogen and oxygen atoms in total. The summed E-state index contributed by atoms with van der Waals surface area (Å²) in [6, 6.07) is 18.5. The Kier molecular flexibility index (Phi) is 2.90. The number of benzene rings is 2. The van der Waals surface area contributed by atoms with Crippen molar-refractivity contribution >= 4 is 11.8 Å². The Bertz CT molecular complexity index is 407. The Balaban J connectivity index is 2.24. The average molecular weight is 199 g/mol. The van der Waals surface area contributed by atoms with Gasteiger partial charge < -0.3 is 0 Å². The van der Waals surface area contributed by atoms with Gasteiger partial charge in [0.2, 0.25) is 0 Å². The standard InChI is InChI=1S/C13H11S/c1-11-7-5-6-10-13(11)14-12-8-3-2-4-9-12/h2-10H,1H2. The summed E-state index contributed by atoms with van der Waals surface area (Å²) in [6.45, 7) is 4.00. The molecule has 0 bridgehead atoms. The van der Waals surface area contributed by atoms with Crippen molar-refractivity contribution in [2.24, 2.45) is 0 Å². The van der Waals surface area contributed by atoms with Gasteiger partial charge in [0.15, 0.2) is 0 Å². The van der Waals surface area contributed by atoms with E-state index < -0.39 is 0 Å². The molecule has 2 aromatic rings. The van der Waals surface area contributed by atoms with Crippen molar-refractivity contribution in [2.75, 3.05) is 0 Å². The maximum Gasteiger partial charge on any atom is 0.0154 e. The van der Waals surface area contributed by atoms with Crippen molar-refractivity contribution < 1.29 is 0 Å². The predicted octanol–water partition coefficient (Wildman–Crippen LogP) is 4.02. The topological polar surface area (TPSA) is 0 Å². The first-order chi connectivity index (χ1) is 6.86. The van der Waals surface area contributed by atoms with Gasteiger partial charge in [0.05, 0.1) is 0 Å². The Labute approximate surface area is 89.0 Å². The average Bonchev–Trinajstić information content (AvgIpc) is 2.23. The molecule has 0 aliphatic carbocycles. The normalized spacial score (nSPS) is 10.1. The van der Waals surface area contributed by atoms with Crippen LogP contribution in [0.2, 0.25) is 0 Å². The van der Waals surface area contributed by atoms with Crippen LogP contribution in [-0.4, -0.2) is 0 Å². The molecule has 0 atom stereocenters. The molecule has 0 fully saturated rings. The summed E-state index contributed by atoms with van der Waals surface area (Å²) in [4.78, 5) is 2.47. The lowest BCUT2D eigenvalue weighted by Crippen LogP contribution is -1.77. The fourth-order valence-electron chi connectivity index (χ4n) is 1.22. The van der Waals surface area contributed by atoms with Crippen LogP contribution in [0.1, 0.15) is 5.56 Å². The molecule has 0 aliphatic rings. The Morgan fingerprint density at radius 1 is 0.786 bits per heavy atom. The van der Waals surface area contributed by atoms with E-state index in [1.54, 1.807) is 11.8 Å². The highest BCUT2D eigenvalue weighted by atomic mass is 32.2. The summed E-state index contributed by atoms with van der Waals surface area (Å²) in [5.74, 6) is 0. The van der Waals surface area contributed by atoms with E-state index in [0.717, 1.165) is 5.56 Å².